The molecule has 8 N–H and O–H groups in total. The van der Waals surface area contributed by atoms with Crippen molar-refractivity contribution >= 4 is 11.7 Å². The van der Waals surface area contributed by atoms with Gasteiger partial charge in [0.05, 0.1) is 24.3 Å². The minimum atomic E-state index is 0.323. The Morgan fingerprint density at radius 1 is 0.680 bits per heavy atom. The molecule has 0 aliphatic heterocycles. The van der Waals surface area contributed by atoms with E-state index in [9.17, 15) is 0 Å². The molecule has 0 aliphatic carbocycles. The maximum absolute atomic E-state index is 5.63. The Hall–Kier alpha value is -2.70. The molecule has 0 aromatic heterocycles. The van der Waals surface area contributed by atoms with Gasteiger partial charge < -0.3 is 9.47 Å². The van der Waals surface area contributed by atoms with Crippen LogP contribution >= 0.6 is 0 Å². The van der Waals surface area contributed by atoms with E-state index in [1.165, 1.54) is 0 Å². The van der Waals surface area contributed by atoms with Crippen LogP contribution in [-0.4, -0.2) is 24.9 Å². The highest BCUT2D eigenvalue weighted by Gasteiger charge is 2.02. The summed E-state index contributed by atoms with van der Waals surface area (Å²) in [4.78, 5) is 0. The minimum absolute atomic E-state index is 0.323. The molecule has 0 aliphatic rings. The lowest BCUT2D eigenvalue weighted by Crippen LogP contribution is -2.46. The van der Waals surface area contributed by atoms with Gasteiger partial charge in [-0.2, -0.15) is 0 Å². The highest BCUT2D eigenvalue weighted by molar-refractivity contribution is 5.92. The second-order valence-corrected chi connectivity index (χ2v) is 5.76. The van der Waals surface area contributed by atoms with Crippen LogP contribution in [-0.2, 0) is 22.7 Å². The highest BCUT2D eigenvalue weighted by Crippen LogP contribution is 2.06. The predicted molar refractivity (Wildman–Crippen MR) is 97.3 cm³/mol. The Morgan fingerprint density at radius 3 is 1.36 bits per heavy atom. The van der Waals surface area contributed by atoms with Crippen LogP contribution in [0.15, 0.2) is 48.5 Å². The van der Waals surface area contributed by atoms with Crippen LogP contribution in [0.3, 0.4) is 0 Å². The molecule has 0 saturated carbocycles. The molecule has 0 fully saturated rings. The monoisotopic (exact) mass is 342 g/mol. The fourth-order valence-electron chi connectivity index (χ4n) is 2.23. The lowest BCUT2D eigenvalue weighted by atomic mass is 10.1. The van der Waals surface area contributed by atoms with Gasteiger partial charge in [-0.25, -0.2) is 0 Å². The van der Waals surface area contributed by atoms with E-state index in [2.05, 4.69) is 0 Å². The third-order valence-corrected chi connectivity index (χ3v) is 3.69. The molecule has 132 valence electrons. The molecule has 0 unspecified atom stereocenters. The van der Waals surface area contributed by atoms with Crippen LogP contribution in [0.25, 0.3) is 0 Å². The molecule has 0 spiro atoms. The van der Waals surface area contributed by atoms with E-state index in [-0.39, 0.29) is 0 Å². The Labute approximate surface area is 147 Å². The van der Waals surface area contributed by atoms with Gasteiger partial charge in [0.15, 0.2) is 0 Å². The molecular formula is C19H26N4O2+2. The van der Waals surface area contributed by atoms with Gasteiger partial charge in [-0.3, -0.25) is 22.3 Å². The SMILES string of the molecule is NC(=[NH2+])c1ccc(COCCCOCc2ccc(C(N)=[NH2+])cc2)cc1. The van der Waals surface area contributed by atoms with Crippen LogP contribution in [0, 0.1) is 0 Å². The normalized spacial score (nSPS) is 10.6. The number of benzene rings is 2. The fraction of sp³-hybridized carbons (Fsp3) is 0.263. The van der Waals surface area contributed by atoms with Crippen LogP contribution in [0.4, 0.5) is 0 Å². The molecule has 6 heteroatoms. The van der Waals surface area contributed by atoms with Crippen molar-refractivity contribution in [3.63, 3.8) is 0 Å². The summed E-state index contributed by atoms with van der Waals surface area (Å²) in [7, 11) is 0. The summed E-state index contributed by atoms with van der Waals surface area (Å²) in [6.07, 6.45) is 0.837. The molecule has 2 rings (SSSR count). The van der Waals surface area contributed by atoms with Gasteiger partial charge in [-0.05, 0) is 41.8 Å². The van der Waals surface area contributed by atoms with Gasteiger partial charge >= 0.3 is 0 Å². The van der Waals surface area contributed by atoms with E-state index in [1.807, 2.05) is 48.5 Å². The molecule has 6 nitrogen and oxygen atoms in total. The summed E-state index contributed by atoms with van der Waals surface area (Å²) in [5, 5.41) is 11.1. The lowest BCUT2D eigenvalue weighted by Gasteiger charge is -2.07. The number of rotatable bonds is 10. The first-order chi connectivity index (χ1) is 12.1. The van der Waals surface area contributed by atoms with Crippen molar-refractivity contribution in [2.45, 2.75) is 19.6 Å². The number of ether oxygens (including phenoxy) is 2. The van der Waals surface area contributed by atoms with Crippen molar-refractivity contribution < 1.29 is 20.3 Å². The molecule has 0 atom stereocenters. The Bertz CT molecular complexity index is 635. The summed E-state index contributed by atoms with van der Waals surface area (Å²) >= 11 is 0. The van der Waals surface area contributed by atoms with Crippen molar-refractivity contribution in [2.24, 2.45) is 11.5 Å². The first-order valence-electron chi connectivity index (χ1n) is 8.16. The van der Waals surface area contributed by atoms with E-state index in [1.54, 1.807) is 0 Å². The number of amidine groups is 2. The van der Waals surface area contributed by atoms with Crippen LogP contribution in [0.1, 0.15) is 28.7 Å². The fourth-order valence-corrected chi connectivity index (χ4v) is 2.23. The van der Waals surface area contributed by atoms with Crippen molar-refractivity contribution in [3.8, 4) is 0 Å². The zero-order chi connectivity index (χ0) is 18.1. The Balaban J connectivity index is 1.57. The van der Waals surface area contributed by atoms with Crippen LogP contribution in [0.5, 0.6) is 0 Å². The molecule has 25 heavy (non-hydrogen) atoms. The smallest absolute Gasteiger partial charge is 0.270 e. The summed E-state index contributed by atoms with van der Waals surface area (Å²) in [5.41, 5.74) is 14.9. The van der Waals surface area contributed by atoms with Gasteiger partial charge in [-0.15, -0.1) is 0 Å². The average Bonchev–Trinajstić information content (AvgIpc) is 2.61. The molecule has 0 amide bonds. The Morgan fingerprint density at radius 2 is 1.04 bits per heavy atom. The van der Waals surface area contributed by atoms with E-state index in [4.69, 9.17) is 31.8 Å². The largest absolute Gasteiger partial charge is 0.377 e. The van der Waals surface area contributed by atoms with Crippen molar-refractivity contribution in [2.75, 3.05) is 13.2 Å². The summed E-state index contributed by atoms with van der Waals surface area (Å²) in [6.45, 7) is 2.40. The predicted octanol–water partition coefficient (Wildman–Crippen LogP) is -1.26. The third kappa shape index (κ3) is 6.37. The lowest BCUT2D eigenvalue weighted by molar-refractivity contribution is -0.115. The Kier molecular flexibility index (Phi) is 7.13. The van der Waals surface area contributed by atoms with Gasteiger partial charge in [-0.1, -0.05) is 24.3 Å². The highest BCUT2D eigenvalue weighted by atomic mass is 16.5. The number of hydrogen-bond acceptors (Lipinski definition) is 2. The molecule has 2 aromatic rings. The second-order valence-electron chi connectivity index (χ2n) is 5.76. The third-order valence-electron chi connectivity index (χ3n) is 3.69. The van der Waals surface area contributed by atoms with E-state index in [0.29, 0.717) is 38.1 Å². The topological polar surface area (TPSA) is 122 Å². The maximum atomic E-state index is 5.63. The maximum Gasteiger partial charge on any atom is 0.270 e. The summed E-state index contributed by atoms with van der Waals surface area (Å²) in [6, 6.07) is 15.4. The van der Waals surface area contributed by atoms with Crippen LogP contribution < -0.4 is 22.3 Å². The minimum Gasteiger partial charge on any atom is -0.377 e. The molecule has 0 bridgehead atoms. The molecule has 2 aromatic carbocycles. The average molecular weight is 342 g/mol. The molecular weight excluding hydrogens is 316 g/mol. The number of nitrogens with two attached hydrogens (primary N) is 4. The molecule has 0 heterocycles. The van der Waals surface area contributed by atoms with Gasteiger partial charge in [0.1, 0.15) is 0 Å². The van der Waals surface area contributed by atoms with Crippen molar-refractivity contribution in [1.82, 2.24) is 0 Å². The van der Waals surface area contributed by atoms with Crippen molar-refractivity contribution in [1.29, 1.82) is 0 Å². The van der Waals surface area contributed by atoms with Gasteiger partial charge in [0.25, 0.3) is 11.7 Å². The first kappa shape index (κ1) is 18.6. The first-order valence-corrected chi connectivity index (χ1v) is 8.16. The zero-order valence-corrected chi connectivity index (χ0v) is 14.3. The number of hydrogen-bond donors (Lipinski definition) is 4. The summed E-state index contributed by atoms with van der Waals surface area (Å²) < 4.78 is 11.3. The molecule has 0 saturated heterocycles. The van der Waals surface area contributed by atoms with E-state index in [0.717, 1.165) is 28.7 Å². The van der Waals surface area contributed by atoms with Gasteiger partial charge in [0.2, 0.25) is 0 Å². The van der Waals surface area contributed by atoms with E-state index < -0.39 is 0 Å². The second kappa shape index (κ2) is 9.56. The molecule has 0 radical (unpaired) electrons. The summed E-state index contributed by atoms with van der Waals surface area (Å²) in [5.74, 6) is 0.646. The zero-order valence-electron chi connectivity index (χ0n) is 14.3. The van der Waals surface area contributed by atoms with E-state index >= 15 is 0 Å². The van der Waals surface area contributed by atoms with Gasteiger partial charge in [0, 0.05) is 13.2 Å². The standard InChI is InChI=1S/C19H24N4O2/c20-18(21)16-6-2-14(3-7-16)12-24-10-1-11-25-13-15-4-8-17(9-5-15)19(22)23/h2-9H,1,10-13H2,(H3,20,21)(H3,22,23)/p+2. The quantitative estimate of drug-likeness (QED) is 0.244. The van der Waals surface area contributed by atoms with Crippen molar-refractivity contribution in [3.05, 3.63) is 70.8 Å². The van der Waals surface area contributed by atoms with Crippen LogP contribution in [0.2, 0.25) is 0 Å².